The van der Waals surface area contributed by atoms with Crippen molar-refractivity contribution in [2.24, 2.45) is 4.99 Å². The van der Waals surface area contributed by atoms with Crippen LogP contribution in [0.4, 0.5) is 14.0 Å². The Labute approximate surface area is 200 Å². The van der Waals surface area contributed by atoms with Crippen LogP contribution in [0.3, 0.4) is 0 Å². The molecule has 0 heterocycles. The van der Waals surface area contributed by atoms with Crippen molar-refractivity contribution in [2.45, 2.75) is 91.5 Å². The Morgan fingerprint density at radius 3 is 1.82 bits per heavy atom. The Balaban J connectivity index is 4.50. The predicted octanol–water partition coefficient (Wildman–Crippen LogP) is 2.97. The second-order valence-electron chi connectivity index (χ2n) is 9.30. The molecule has 0 aromatic carbocycles. The molecule has 11 nitrogen and oxygen atoms in total. The molecule has 0 radical (unpaired) electrons. The maximum absolute atomic E-state index is 13.5. The molecule has 0 bridgehead atoms. The molecule has 3 amide bonds. The van der Waals surface area contributed by atoms with E-state index in [0.29, 0.717) is 25.8 Å². The van der Waals surface area contributed by atoms with E-state index in [4.69, 9.17) is 9.47 Å². The first-order chi connectivity index (χ1) is 15.6. The van der Waals surface area contributed by atoms with E-state index >= 15 is 0 Å². The zero-order valence-electron chi connectivity index (χ0n) is 21.2. The van der Waals surface area contributed by atoms with Crippen LogP contribution in [0.2, 0.25) is 0 Å². The van der Waals surface area contributed by atoms with E-state index in [0.717, 1.165) is 6.42 Å². The molecule has 0 aliphatic carbocycles. The number of alkyl halides is 1. The number of rotatable bonds is 10. The van der Waals surface area contributed by atoms with Crippen LogP contribution in [0.25, 0.3) is 0 Å². The molecule has 12 heteroatoms. The molecule has 0 saturated carbocycles. The number of esters is 1. The molecule has 0 saturated heterocycles. The monoisotopic (exact) mass is 490 g/mol. The van der Waals surface area contributed by atoms with Crippen LogP contribution in [0.5, 0.6) is 0 Å². The molecule has 0 aromatic rings. The molecule has 0 rings (SSSR count). The Bertz CT molecular complexity index is 683. The first kappa shape index (κ1) is 31.1. The molecule has 0 spiro atoms. The summed E-state index contributed by atoms with van der Waals surface area (Å²) in [5.41, 5.74) is -1.45. The normalized spacial score (nSPS) is 12.1. The quantitative estimate of drug-likeness (QED) is 0.107. The number of carbonyl (C=O) groups excluding carboxylic acids is 4. The molecule has 0 aliphatic heterocycles. The number of hydrogen-bond acceptors (Lipinski definition) is 8. The largest absolute Gasteiger partial charge is 0.463 e. The van der Waals surface area contributed by atoms with Gasteiger partial charge in [-0.05, 0) is 61.3 Å². The lowest BCUT2D eigenvalue weighted by molar-refractivity contribution is -0.153. The number of alkyl carbamates (subject to hydrolysis) is 2. The Hall–Kier alpha value is -2.92. The third kappa shape index (κ3) is 16.7. The summed E-state index contributed by atoms with van der Waals surface area (Å²) in [4.78, 5) is 51.0. The minimum Gasteiger partial charge on any atom is -0.463 e. The molecule has 1 atom stereocenters. The third-order valence-corrected chi connectivity index (χ3v) is 3.62. The van der Waals surface area contributed by atoms with Gasteiger partial charge in [-0.2, -0.15) is 0 Å². The average Bonchev–Trinajstić information content (AvgIpc) is 2.66. The van der Waals surface area contributed by atoms with Crippen LogP contribution < -0.4 is 16.0 Å². The number of aliphatic imine (C=N–C) groups is 1. The Morgan fingerprint density at radius 1 is 0.853 bits per heavy atom. The smallest absolute Gasteiger partial charge is 0.414 e. The first-order valence-electron chi connectivity index (χ1n) is 11.3. The van der Waals surface area contributed by atoms with Crippen LogP contribution >= 0.6 is 0 Å². The highest BCUT2D eigenvalue weighted by Gasteiger charge is 2.26. The van der Waals surface area contributed by atoms with E-state index in [2.05, 4.69) is 25.7 Å². The lowest BCUT2D eigenvalue weighted by Gasteiger charge is -2.22. The van der Waals surface area contributed by atoms with Crippen molar-refractivity contribution in [3.8, 4) is 0 Å². The van der Waals surface area contributed by atoms with E-state index in [1.54, 1.807) is 41.5 Å². The molecule has 3 N–H and O–H groups in total. The van der Waals surface area contributed by atoms with Gasteiger partial charge < -0.3 is 19.5 Å². The van der Waals surface area contributed by atoms with Crippen molar-refractivity contribution >= 4 is 30.0 Å². The van der Waals surface area contributed by atoms with Gasteiger partial charge in [0.2, 0.25) is 5.96 Å². The second kappa shape index (κ2) is 15.1. The number of unbranched alkanes of at least 4 members (excludes halogenated alkanes) is 3. The number of guanidine groups is 1. The number of nitrogens with zero attached hydrogens (tertiary/aromatic N) is 1. The molecule has 0 aliphatic rings. The SMILES string of the molecule is CCOC(=O)C(F)C(=O)NCCCCCCN=C(NC(=O)OC(C)(C)C)NC(=O)OC(C)(C)C. The van der Waals surface area contributed by atoms with Gasteiger partial charge in [-0.1, -0.05) is 12.8 Å². The van der Waals surface area contributed by atoms with Crippen molar-refractivity contribution in [1.29, 1.82) is 0 Å². The topological polar surface area (TPSA) is 144 Å². The number of carbonyl (C=O) groups is 4. The fourth-order valence-electron chi connectivity index (χ4n) is 2.32. The van der Waals surface area contributed by atoms with Crippen LogP contribution in [0, 0.1) is 0 Å². The van der Waals surface area contributed by atoms with Crippen molar-refractivity contribution in [1.82, 2.24) is 16.0 Å². The van der Waals surface area contributed by atoms with Gasteiger partial charge >= 0.3 is 18.2 Å². The predicted molar refractivity (Wildman–Crippen MR) is 124 cm³/mol. The minimum absolute atomic E-state index is 0.00266. The Morgan fingerprint density at radius 2 is 1.35 bits per heavy atom. The van der Waals surface area contributed by atoms with Gasteiger partial charge in [-0.15, -0.1) is 0 Å². The molecule has 1 unspecified atom stereocenters. The minimum atomic E-state index is -2.33. The first-order valence-corrected chi connectivity index (χ1v) is 11.3. The van der Waals surface area contributed by atoms with Gasteiger partial charge in [0.15, 0.2) is 0 Å². The lowest BCUT2D eigenvalue weighted by Crippen LogP contribution is -2.47. The molecular formula is C22H39FN4O7. The fraction of sp³-hybridized carbons (Fsp3) is 0.773. The highest BCUT2D eigenvalue weighted by molar-refractivity contribution is 6.01. The number of nitrogens with one attached hydrogen (secondary N) is 3. The average molecular weight is 491 g/mol. The second-order valence-corrected chi connectivity index (χ2v) is 9.30. The molecule has 0 fully saturated rings. The maximum Gasteiger partial charge on any atom is 0.414 e. The van der Waals surface area contributed by atoms with E-state index in [9.17, 15) is 23.6 Å². The fourth-order valence-corrected chi connectivity index (χ4v) is 2.32. The maximum atomic E-state index is 13.5. The summed E-state index contributed by atoms with van der Waals surface area (Å²) < 4.78 is 28.3. The highest BCUT2D eigenvalue weighted by atomic mass is 19.1. The van der Waals surface area contributed by atoms with Gasteiger partial charge in [-0.25, -0.2) is 18.8 Å². The summed E-state index contributed by atoms with van der Waals surface area (Å²) in [6.07, 6.45) is -1.24. The van der Waals surface area contributed by atoms with Crippen molar-refractivity contribution in [2.75, 3.05) is 19.7 Å². The van der Waals surface area contributed by atoms with Gasteiger partial charge in [0.1, 0.15) is 11.2 Å². The van der Waals surface area contributed by atoms with Gasteiger partial charge in [-0.3, -0.25) is 20.4 Å². The van der Waals surface area contributed by atoms with E-state index in [1.165, 1.54) is 6.92 Å². The van der Waals surface area contributed by atoms with Crippen LogP contribution in [0.1, 0.15) is 74.1 Å². The Kier molecular flexibility index (Phi) is 13.8. The van der Waals surface area contributed by atoms with Crippen LogP contribution in [-0.4, -0.2) is 67.1 Å². The van der Waals surface area contributed by atoms with Crippen LogP contribution in [0.15, 0.2) is 4.99 Å². The number of halogens is 1. The summed E-state index contributed by atoms with van der Waals surface area (Å²) in [6.45, 7) is 12.3. The zero-order chi connectivity index (χ0) is 26.4. The summed E-state index contributed by atoms with van der Waals surface area (Å²) in [6, 6.07) is 0. The van der Waals surface area contributed by atoms with Gasteiger partial charge in [0.05, 0.1) is 6.61 Å². The van der Waals surface area contributed by atoms with Crippen molar-refractivity contribution in [3.63, 3.8) is 0 Å². The van der Waals surface area contributed by atoms with E-state index < -0.39 is 41.4 Å². The van der Waals surface area contributed by atoms with E-state index in [1.807, 2.05) is 0 Å². The summed E-state index contributed by atoms with van der Waals surface area (Å²) in [7, 11) is 0. The standard InChI is InChI=1S/C22H39FN4O7/c1-8-32-17(29)15(23)16(28)24-13-11-9-10-12-14-25-18(26-19(30)33-21(2,3)4)27-20(31)34-22(5,6)7/h15H,8-14H2,1-7H3,(H,24,28)(H2,25,26,27,30,31). The zero-order valence-corrected chi connectivity index (χ0v) is 21.2. The number of ether oxygens (including phenoxy) is 3. The summed E-state index contributed by atoms with van der Waals surface area (Å²) in [5.74, 6) is -2.31. The highest BCUT2D eigenvalue weighted by Crippen LogP contribution is 2.08. The van der Waals surface area contributed by atoms with Crippen LogP contribution in [-0.2, 0) is 23.8 Å². The third-order valence-electron chi connectivity index (χ3n) is 3.62. The molecule has 196 valence electrons. The van der Waals surface area contributed by atoms with Gasteiger partial charge in [0.25, 0.3) is 12.1 Å². The summed E-state index contributed by atoms with van der Waals surface area (Å²) >= 11 is 0. The summed E-state index contributed by atoms with van der Waals surface area (Å²) in [5, 5.41) is 7.14. The number of hydrogen-bond donors (Lipinski definition) is 3. The molecule has 0 aromatic heterocycles. The lowest BCUT2D eigenvalue weighted by atomic mass is 10.2. The molecule has 34 heavy (non-hydrogen) atoms. The van der Waals surface area contributed by atoms with Crippen molar-refractivity contribution in [3.05, 3.63) is 0 Å². The molecular weight excluding hydrogens is 451 g/mol. The van der Waals surface area contributed by atoms with E-state index in [-0.39, 0.29) is 19.1 Å². The van der Waals surface area contributed by atoms with Crippen molar-refractivity contribution < 1.29 is 37.8 Å². The number of amides is 3. The van der Waals surface area contributed by atoms with Gasteiger partial charge in [0, 0.05) is 13.1 Å².